The van der Waals surface area contributed by atoms with E-state index in [9.17, 15) is 0 Å². The topological polar surface area (TPSA) is 38.1 Å². The minimum absolute atomic E-state index is 0.597. The zero-order valence-corrected chi connectivity index (χ0v) is 12.3. The van der Waals surface area contributed by atoms with Gasteiger partial charge in [0.05, 0.1) is 12.2 Å². The Balaban J connectivity index is 1.67. The average molecular weight is 278 g/mol. The summed E-state index contributed by atoms with van der Waals surface area (Å²) in [5.41, 5.74) is 4.45. The lowest BCUT2D eigenvalue weighted by molar-refractivity contribution is 0.478. The number of nitrogens with zero attached hydrogens (tertiary/aromatic N) is 1. The molecule has 3 nitrogen and oxygen atoms in total. The molecule has 3 rings (SSSR count). The Morgan fingerprint density at radius 1 is 0.905 bits per heavy atom. The highest BCUT2D eigenvalue weighted by Gasteiger charge is 2.05. The Labute approximate surface area is 124 Å². The standard InChI is InChI=1S/C18H18N2O/c1-13-14(2)21-18(20-13)12-19-17-10-8-16(9-11-17)15-6-4-3-5-7-15/h3-11,19H,12H2,1-2H3. The van der Waals surface area contributed by atoms with E-state index in [1.807, 2.05) is 19.9 Å². The van der Waals surface area contributed by atoms with Crippen LogP contribution in [0.1, 0.15) is 17.3 Å². The third-order valence-electron chi connectivity index (χ3n) is 3.51. The number of oxazole rings is 1. The molecule has 0 bridgehead atoms. The van der Waals surface area contributed by atoms with E-state index in [1.54, 1.807) is 0 Å². The zero-order valence-electron chi connectivity index (χ0n) is 12.3. The van der Waals surface area contributed by atoms with Crippen LogP contribution in [0, 0.1) is 13.8 Å². The van der Waals surface area contributed by atoms with Gasteiger partial charge in [-0.2, -0.15) is 0 Å². The minimum Gasteiger partial charge on any atom is -0.444 e. The zero-order chi connectivity index (χ0) is 14.7. The molecule has 3 heteroatoms. The highest BCUT2D eigenvalue weighted by molar-refractivity contribution is 5.65. The van der Waals surface area contributed by atoms with Crippen LogP contribution in [0.25, 0.3) is 11.1 Å². The number of hydrogen-bond donors (Lipinski definition) is 1. The van der Waals surface area contributed by atoms with Gasteiger partial charge in [0.15, 0.2) is 0 Å². The summed E-state index contributed by atoms with van der Waals surface area (Å²) in [6.07, 6.45) is 0. The third kappa shape index (κ3) is 3.14. The van der Waals surface area contributed by atoms with Crippen molar-refractivity contribution in [1.29, 1.82) is 0 Å². The summed E-state index contributed by atoms with van der Waals surface area (Å²) in [6, 6.07) is 18.7. The second kappa shape index (κ2) is 5.83. The van der Waals surface area contributed by atoms with Gasteiger partial charge >= 0.3 is 0 Å². The van der Waals surface area contributed by atoms with E-state index in [0.29, 0.717) is 6.54 Å². The second-order valence-corrected chi connectivity index (χ2v) is 5.05. The average Bonchev–Trinajstić information content (AvgIpc) is 2.85. The van der Waals surface area contributed by atoms with Crippen LogP contribution in [0.4, 0.5) is 5.69 Å². The smallest absolute Gasteiger partial charge is 0.213 e. The van der Waals surface area contributed by atoms with E-state index in [4.69, 9.17) is 4.42 Å². The van der Waals surface area contributed by atoms with Gasteiger partial charge in [-0.05, 0) is 37.1 Å². The maximum Gasteiger partial charge on any atom is 0.213 e. The molecule has 1 aromatic heterocycles. The maximum absolute atomic E-state index is 5.56. The lowest BCUT2D eigenvalue weighted by Gasteiger charge is -2.06. The second-order valence-electron chi connectivity index (χ2n) is 5.05. The van der Waals surface area contributed by atoms with Crippen LogP contribution in [0.5, 0.6) is 0 Å². The fourth-order valence-corrected chi connectivity index (χ4v) is 2.20. The molecule has 0 saturated carbocycles. The van der Waals surface area contributed by atoms with Gasteiger partial charge in [0.1, 0.15) is 5.76 Å². The number of anilines is 1. The maximum atomic E-state index is 5.56. The number of hydrogen-bond acceptors (Lipinski definition) is 3. The molecule has 2 aromatic carbocycles. The molecule has 0 spiro atoms. The molecule has 21 heavy (non-hydrogen) atoms. The molecule has 0 amide bonds. The Bertz CT molecular complexity index is 695. The van der Waals surface area contributed by atoms with E-state index in [0.717, 1.165) is 23.0 Å². The summed E-state index contributed by atoms with van der Waals surface area (Å²) in [7, 11) is 0. The summed E-state index contributed by atoms with van der Waals surface area (Å²) in [5.74, 6) is 1.60. The van der Waals surface area contributed by atoms with E-state index >= 15 is 0 Å². The van der Waals surface area contributed by atoms with Crippen molar-refractivity contribution < 1.29 is 4.42 Å². The Morgan fingerprint density at radius 2 is 1.57 bits per heavy atom. The van der Waals surface area contributed by atoms with Gasteiger partial charge in [0.25, 0.3) is 0 Å². The van der Waals surface area contributed by atoms with E-state index in [2.05, 4.69) is 58.8 Å². The molecule has 1 N–H and O–H groups in total. The van der Waals surface area contributed by atoms with Crippen molar-refractivity contribution in [3.05, 3.63) is 71.9 Å². The molecule has 106 valence electrons. The van der Waals surface area contributed by atoms with Gasteiger partial charge in [0.2, 0.25) is 5.89 Å². The molecule has 0 fully saturated rings. The fraction of sp³-hybridized carbons (Fsp3) is 0.167. The Morgan fingerprint density at radius 3 is 2.19 bits per heavy atom. The van der Waals surface area contributed by atoms with Crippen LogP contribution in [-0.2, 0) is 6.54 Å². The van der Waals surface area contributed by atoms with Crippen molar-refractivity contribution in [1.82, 2.24) is 4.98 Å². The quantitative estimate of drug-likeness (QED) is 0.759. The number of aromatic nitrogens is 1. The lowest BCUT2D eigenvalue weighted by atomic mass is 10.1. The summed E-state index contributed by atoms with van der Waals surface area (Å²) in [6.45, 7) is 4.48. The van der Waals surface area contributed by atoms with E-state index in [-0.39, 0.29) is 0 Å². The molecule has 3 aromatic rings. The summed E-state index contributed by atoms with van der Waals surface area (Å²) >= 11 is 0. The van der Waals surface area contributed by atoms with Crippen molar-refractivity contribution >= 4 is 5.69 Å². The van der Waals surface area contributed by atoms with Gasteiger partial charge in [-0.25, -0.2) is 4.98 Å². The highest BCUT2D eigenvalue weighted by Crippen LogP contribution is 2.21. The minimum atomic E-state index is 0.597. The van der Waals surface area contributed by atoms with Crippen molar-refractivity contribution in [2.45, 2.75) is 20.4 Å². The van der Waals surface area contributed by atoms with Gasteiger partial charge in [-0.3, -0.25) is 0 Å². The molecule has 0 atom stereocenters. The highest BCUT2D eigenvalue weighted by atomic mass is 16.4. The number of rotatable bonds is 4. The van der Waals surface area contributed by atoms with Crippen LogP contribution >= 0.6 is 0 Å². The predicted molar refractivity (Wildman–Crippen MR) is 85.2 cm³/mol. The molecule has 0 aliphatic rings. The molecule has 0 radical (unpaired) electrons. The van der Waals surface area contributed by atoms with Gasteiger partial charge < -0.3 is 9.73 Å². The first-order valence-corrected chi connectivity index (χ1v) is 7.04. The monoisotopic (exact) mass is 278 g/mol. The SMILES string of the molecule is Cc1nc(CNc2ccc(-c3ccccc3)cc2)oc1C. The largest absolute Gasteiger partial charge is 0.444 e. The van der Waals surface area contributed by atoms with Crippen molar-refractivity contribution in [2.24, 2.45) is 0 Å². The number of benzene rings is 2. The van der Waals surface area contributed by atoms with Gasteiger partial charge in [-0.1, -0.05) is 42.5 Å². The molecule has 0 aliphatic carbocycles. The van der Waals surface area contributed by atoms with Gasteiger partial charge in [-0.15, -0.1) is 0 Å². The predicted octanol–water partition coefficient (Wildman–Crippen LogP) is 4.57. The van der Waals surface area contributed by atoms with E-state index < -0.39 is 0 Å². The van der Waals surface area contributed by atoms with Crippen molar-refractivity contribution in [3.63, 3.8) is 0 Å². The molecule has 0 saturated heterocycles. The van der Waals surface area contributed by atoms with E-state index in [1.165, 1.54) is 11.1 Å². The van der Waals surface area contributed by atoms with Crippen LogP contribution in [0.2, 0.25) is 0 Å². The molecule has 0 aliphatic heterocycles. The third-order valence-corrected chi connectivity index (χ3v) is 3.51. The summed E-state index contributed by atoms with van der Waals surface area (Å²) in [4.78, 5) is 4.36. The van der Waals surface area contributed by atoms with Crippen molar-refractivity contribution in [3.8, 4) is 11.1 Å². The first-order valence-electron chi connectivity index (χ1n) is 7.04. The van der Waals surface area contributed by atoms with Crippen LogP contribution in [0.3, 0.4) is 0 Å². The van der Waals surface area contributed by atoms with Crippen LogP contribution in [0.15, 0.2) is 59.0 Å². The number of nitrogens with one attached hydrogen (secondary N) is 1. The Kier molecular flexibility index (Phi) is 3.73. The molecular formula is C18H18N2O. The first kappa shape index (κ1) is 13.4. The van der Waals surface area contributed by atoms with Gasteiger partial charge in [0, 0.05) is 5.69 Å². The normalized spacial score (nSPS) is 10.6. The number of aryl methyl sites for hydroxylation is 2. The van der Waals surface area contributed by atoms with Crippen molar-refractivity contribution in [2.75, 3.05) is 5.32 Å². The van der Waals surface area contributed by atoms with Crippen LogP contribution < -0.4 is 5.32 Å². The summed E-state index contributed by atoms with van der Waals surface area (Å²) < 4.78 is 5.56. The van der Waals surface area contributed by atoms with Crippen LogP contribution in [-0.4, -0.2) is 4.98 Å². The fourth-order valence-electron chi connectivity index (χ4n) is 2.20. The first-order chi connectivity index (χ1) is 10.2. The summed E-state index contributed by atoms with van der Waals surface area (Å²) in [5, 5.41) is 3.32. The Hall–Kier alpha value is -2.55. The molecule has 0 unspecified atom stereocenters. The lowest BCUT2D eigenvalue weighted by Crippen LogP contribution is -1.99. The molecule has 1 heterocycles. The molecular weight excluding hydrogens is 260 g/mol.